The predicted octanol–water partition coefficient (Wildman–Crippen LogP) is 4.16. The summed E-state index contributed by atoms with van der Waals surface area (Å²) >= 11 is 0. The molecule has 0 spiro atoms. The number of carbonyl (C=O) groups is 1. The lowest BCUT2D eigenvalue weighted by Crippen LogP contribution is -2.46. The van der Waals surface area contributed by atoms with Gasteiger partial charge in [0.2, 0.25) is 10.0 Å². The number of sulfonamides is 1. The highest BCUT2D eigenvalue weighted by Gasteiger charge is 2.30. The van der Waals surface area contributed by atoms with Crippen molar-refractivity contribution in [1.82, 2.24) is 9.62 Å². The third-order valence-corrected chi connectivity index (χ3v) is 7.76. The van der Waals surface area contributed by atoms with Crippen LogP contribution < -0.4 is 10.1 Å². The lowest BCUT2D eigenvalue weighted by Gasteiger charge is -2.31. The summed E-state index contributed by atoms with van der Waals surface area (Å²) in [5, 5.41) is 3.08. The van der Waals surface area contributed by atoms with Gasteiger partial charge in [0.15, 0.2) is 0 Å². The largest absolute Gasteiger partial charge is 0.489 e. The van der Waals surface area contributed by atoms with E-state index in [0.717, 1.165) is 16.9 Å². The number of amides is 1. The van der Waals surface area contributed by atoms with Crippen molar-refractivity contribution < 1.29 is 17.9 Å². The van der Waals surface area contributed by atoms with Gasteiger partial charge >= 0.3 is 0 Å². The highest BCUT2D eigenvalue weighted by atomic mass is 32.2. The number of rotatable bonds is 7. The average Bonchev–Trinajstić information content (AvgIpc) is 2.84. The molecule has 4 rings (SSSR count). The van der Waals surface area contributed by atoms with Crippen LogP contribution in [-0.4, -0.2) is 37.8 Å². The topological polar surface area (TPSA) is 75.7 Å². The fraction of sp³-hybridized carbons (Fsp3) is 0.269. The molecule has 172 valence electrons. The fourth-order valence-electron chi connectivity index (χ4n) is 3.91. The van der Waals surface area contributed by atoms with Gasteiger partial charge in [0.05, 0.1) is 4.90 Å². The van der Waals surface area contributed by atoms with Gasteiger partial charge in [0.1, 0.15) is 12.4 Å². The Kier molecular flexibility index (Phi) is 7.11. The molecule has 33 heavy (non-hydrogen) atoms. The molecule has 0 radical (unpaired) electrons. The van der Waals surface area contributed by atoms with E-state index in [4.69, 9.17) is 4.74 Å². The van der Waals surface area contributed by atoms with Gasteiger partial charge in [-0.25, -0.2) is 8.42 Å². The Labute approximate surface area is 195 Å². The molecule has 3 aromatic carbocycles. The van der Waals surface area contributed by atoms with Gasteiger partial charge in [-0.15, -0.1) is 0 Å². The first-order valence-electron chi connectivity index (χ1n) is 11.1. The lowest BCUT2D eigenvalue weighted by atomic mass is 10.0. The zero-order chi connectivity index (χ0) is 23.3. The van der Waals surface area contributed by atoms with Crippen LogP contribution in [0.4, 0.5) is 0 Å². The molecule has 1 saturated heterocycles. The van der Waals surface area contributed by atoms with Crippen LogP contribution in [0.3, 0.4) is 0 Å². The molecule has 0 saturated carbocycles. The fourth-order valence-corrected chi connectivity index (χ4v) is 5.38. The van der Waals surface area contributed by atoms with Gasteiger partial charge in [-0.05, 0) is 50.1 Å². The van der Waals surface area contributed by atoms with Crippen molar-refractivity contribution in [2.75, 3.05) is 13.1 Å². The maximum Gasteiger partial charge on any atom is 0.251 e. The minimum atomic E-state index is -3.52. The molecule has 0 aliphatic carbocycles. The van der Waals surface area contributed by atoms with Gasteiger partial charge in [-0.1, -0.05) is 54.1 Å². The van der Waals surface area contributed by atoms with Crippen molar-refractivity contribution in [2.24, 2.45) is 0 Å². The third-order valence-electron chi connectivity index (χ3n) is 5.85. The summed E-state index contributed by atoms with van der Waals surface area (Å²) in [7, 11) is -3.52. The highest BCUT2D eigenvalue weighted by Crippen LogP contribution is 2.22. The third kappa shape index (κ3) is 5.61. The Balaban J connectivity index is 1.35. The van der Waals surface area contributed by atoms with Crippen LogP contribution in [-0.2, 0) is 16.6 Å². The number of nitrogens with zero attached hydrogens (tertiary/aromatic N) is 1. The van der Waals surface area contributed by atoms with Crippen LogP contribution >= 0.6 is 0 Å². The summed E-state index contributed by atoms with van der Waals surface area (Å²) in [6.45, 7) is 2.97. The van der Waals surface area contributed by atoms with Crippen LogP contribution in [0.15, 0.2) is 83.8 Å². The van der Waals surface area contributed by atoms with E-state index in [9.17, 15) is 13.2 Å². The molecule has 3 aromatic rings. The Morgan fingerprint density at radius 3 is 2.27 bits per heavy atom. The molecule has 0 bridgehead atoms. The number of ether oxygens (including phenoxy) is 1. The summed E-state index contributed by atoms with van der Waals surface area (Å²) in [6, 6.07) is 23.7. The van der Waals surface area contributed by atoms with Gasteiger partial charge in [0, 0.05) is 30.3 Å². The molecular weight excluding hydrogens is 436 g/mol. The number of hydrogen-bond acceptors (Lipinski definition) is 4. The monoisotopic (exact) mass is 464 g/mol. The summed E-state index contributed by atoms with van der Waals surface area (Å²) in [5.74, 6) is 0.581. The standard InChI is InChI=1S/C26H28N2O4S/c1-20-11-13-24(14-12-20)33(30,31)28-17-15-22(16-18-28)27-26(29)25-10-6-5-7-21(25)19-32-23-8-3-2-4-9-23/h2-14,22H,15-19H2,1H3,(H,27,29). The number of carbonyl (C=O) groups excluding carboxylic acids is 1. The molecule has 1 fully saturated rings. The number of piperidine rings is 1. The van der Waals surface area contributed by atoms with Crippen LogP contribution in [0.2, 0.25) is 0 Å². The second-order valence-electron chi connectivity index (χ2n) is 8.22. The predicted molar refractivity (Wildman–Crippen MR) is 128 cm³/mol. The molecular formula is C26H28N2O4S. The summed E-state index contributed by atoms with van der Waals surface area (Å²) < 4.78 is 33.1. The maximum atomic E-state index is 13.0. The second-order valence-corrected chi connectivity index (χ2v) is 10.2. The van der Waals surface area contributed by atoms with E-state index in [1.165, 1.54) is 4.31 Å². The van der Waals surface area contributed by atoms with Crippen molar-refractivity contribution >= 4 is 15.9 Å². The quantitative estimate of drug-likeness (QED) is 0.570. The van der Waals surface area contributed by atoms with Crippen LogP contribution in [0.5, 0.6) is 5.75 Å². The van der Waals surface area contributed by atoms with Crippen LogP contribution in [0.25, 0.3) is 0 Å². The summed E-state index contributed by atoms with van der Waals surface area (Å²) in [4.78, 5) is 13.3. The maximum absolute atomic E-state index is 13.0. The molecule has 1 N–H and O–H groups in total. The van der Waals surface area contributed by atoms with E-state index >= 15 is 0 Å². The van der Waals surface area contributed by atoms with Crippen molar-refractivity contribution in [1.29, 1.82) is 0 Å². The molecule has 1 aliphatic rings. The van der Waals surface area contributed by atoms with Crippen LogP contribution in [0.1, 0.15) is 34.3 Å². The molecule has 0 atom stereocenters. The van der Waals surface area contributed by atoms with Crippen molar-refractivity contribution in [3.05, 3.63) is 95.6 Å². The van der Waals surface area contributed by atoms with E-state index in [1.807, 2.05) is 55.5 Å². The van der Waals surface area contributed by atoms with Crippen molar-refractivity contribution in [2.45, 2.75) is 37.3 Å². The zero-order valence-electron chi connectivity index (χ0n) is 18.6. The lowest BCUT2D eigenvalue weighted by molar-refractivity contribution is 0.0921. The van der Waals surface area contributed by atoms with E-state index < -0.39 is 10.0 Å². The summed E-state index contributed by atoms with van der Waals surface area (Å²) in [6.07, 6.45) is 1.14. The summed E-state index contributed by atoms with van der Waals surface area (Å²) in [5.41, 5.74) is 2.39. The normalized spacial score (nSPS) is 15.2. The van der Waals surface area contributed by atoms with E-state index in [2.05, 4.69) is 5.32 Å². The Bertz CT molecular complexity index is 1190. The van der Waals surface area contributed by atoms with Gasteiger partial charge in [-0.3, -0.25) is 4.79 Å². The van der Waals surface area contributed by atoms with Crippen molar-refractivity contribution in [3.63, 3.8) is 0 Å². The molecule has 1 aliphatic heterocycles. The molecule has 7 heteroatoms. The SMILES string of the molecule is Cc1ccc(S(=O)(=O)N2CCC(NC(=O)c3ccccc3COc3ccccc3)CC2)cc1. The number of nitrogens with one attached hydrogen (secondary N) is 1. The Morgan fingerprint density at radius 2 is 1.58 bits per heavy atom. The van der Waals surface area contributed by atoms with Gasteiger partial charge in [-0.2, -0.15) is 4.31 Å². The Hall–Kier alpha value is -3.16. The van der Waals surface area contributed by atoms with Crippen LogP contribution in [0, 0.1) is 6.92 Å². The first kappa shape index (κ1) is 23.0. The Morgan fingerprint density at radius 1 is 0.939 bits per heavy atom. The highest BCUT2D eigenvalue weighted by molar-refractivity contribution is 7.89. The van der Waals surface area contributed by atoms with Crippen molar-refractivity contribution in [3.8, 4) is 5.75 Å². The minimum absolute atomic E-state index is 0.0786. The smallest absolute Gasteiger partial charge is 0.251 e. The molecule has 6 nitrogen and oxygen atoms in total. The molecule has 0 aromatic heterocycles. The first-order chi connectivity index (χ1) is 15.9. The van der Waals surface area contributed by atoms with E-state index in [-0.39, 0.29) is 11.9 Å². The number of hydrogen-bond donors (Lipinski definition) is 1. The van der Waals surface area contributed by atoms with E-state index in [1.54, 1.807) is 30.3 Å². The number of aryl methyl sites for hydroxylation is 1. The molecule has 0 unspecified atom stereocenters. The van der Waals surface area contributed by atoms with E-state index in [0.29, 0.717) is 43.0 Å². The second kappa shape index (κ2) is 10.2. The van der Waals surface area contributed by atoms with Gasteiger partial charge in [0.25, 0.3) is 5.91 Å². The zero-order valence-corrected chi connectivity index (χ0v) is 19.4. The number of para-hydroxylation sites is 1. The number of benzene rings is 3. The first-order valence-corrected chi connectivity index (χ1v) is 12.5. The average molecular weight is 465 g/mol. The molecule has 1 heterocycles. The minimum Gasteiger partial charge on any atom is -0.489 e. The van der Waals surface area contributed by atoms with Gasteiger partial charge < -0.3 is 10.1 Å². The molecule has 1 amide bonds.